The number of hydrogen-bond acceptors (Lipinski definition) is 2. The molecule has 1 amide bonds. The van der Waals surface area contributed by atoms with Crippen molar-refractivity contribution < 1.29 is 9.18 Å². The Morgan fingerprint density at radius 2 is 2.05 bits per heavy atom. The number of benzene rings is 2. The summed E-state index contributed by atoms with van der Waals surface area (Å²) in [6, 6.07) is 10.1. The standard InChI is InChI=1S/C17H17FN2O/c1-11-9-13(5-7-15(11)18)17(21)20-8-2-3-12-4-6-14(19)10-16(12)20/h4-7,9-10H,2-3,8,19H2,1H3. The van der Waals surface area contributed by atoms with Crippen LogP contribution in [-0.4, -0.2) is 12.5 Å². The molecule has 21 heavy (non-hydrogen) atoms. The molecular formula is C17H17FN2O. The van der Waals surface area contributed by atoms with Gasteiger partial charge in [-0.3, -0.25) is 4.79 Å². The molecule has 0 radical (unpaired) electrons. The number of amides is 1. The summed E-state index contributed by atoms with van der Waals surface area (Å²) in [7, 11) is 0. The number of nitrogens with zero attached hydrogens (tertiary/aromatic N) is 1. The Morgan fingerprint density at radius 1 is 1.24 bits per heavy atom. The van der Waals surface area contributed by atoms with E-state index in [1.165, 1.54) is 12.1 Å². The molecule has 4 heteroatoms. The Hall–Kier alpha value is -2.36. The predicted molar refractivity (Wildman–Crippen MR) is 82.0 cm³/mol. The zero-order valence-electron chi connectivity index (χ0n) is 11.9. The highest BCUT2D eigenvalue weighted by Crippen LogP contribution is 2.30. The zero-order valence-corrected chi connectivity index (χ0v) is 11.9. The number of fused-ring (bicyclic) bond motifs is 1. The van der Waals surface area contributed by atoms with E-state index >= 15 is 0 Å². The van der Waals surface area contributed by atoms with Crippen LogP contribution >= 0.6 is 0 Å². The molecule has 0 spiro atoms. The predicted octanol–water partition coefficient (Wildman–Crippen LogP) is 3.31. The molecule has 3 nitrogen and oxygen atoms in total. The van der Waals surface area contributed by atoms with Gasteiger partial charge in [-0.05, 0) is 61.2 Å². The second kappa shape index (κ2) is 5.20. The molecule has 0 saturated heterocycles. The van der Waals surface area contributed by atoms with E-state index in [9.17, 15) is 9.18 Å². The quantitative estimate of drug-likeness (QED) is 0.817. The van der Waals surface area contributed by atoms with E-state index in [2.05, 4.69) is 0 Å². The van der Waals surface area contributed by atoms with Gasteiger partial charge < -0.3 is 10.6 Å². The molecule has 0 unspecified atom stereocenters. The van der Waals surface area contributed by atoms with Crippen LogP contribution in [0.3, 0.4) is 0 Å². The van der Waals surface area contributed by atoms with Crippen LogP contribution in [0.2, 0.25) is 0 Å². The summed E-state index contributed by atoms with van der Waals surface area (Å²) in [5, 5.41) is 0. The molecule has 2 N–H and O–H groups in total. The van der Waals surface area contributed by atoms with Crippen molar-refractivity contribution in [2.45, 2.75) is 19.8 Å². The van der Waals surface area contributed by atoms with E-state index in [1.807, 2.05) is 18.2 Å². The third kappa shape index (κ3) is 2.49. The van der Waals surface area contributed by atoms with Crippen molar-refractivity contribution in [3.05, 3.63) is 58.9 Å². The van der Waals surface area contributed by atoms with Crippen LogP contribution in [0.4, 0.5) is 15.8 Å². The summed E-state index contributed by atoms with van der Waals surface area (Å²) in [6.07, 6.45) is 1.87. The van der Waals surface area contributed by atoms with Gasteiger partial charge in [0.2, 0.25) is 0 Å². The first-order valence-corrected chi connectivity index (χ1v) is 7.02. The number of halogens is 1. The lowest BCUT2D eigenvalue weighted by molar-refractivity contribution is 0.0985. The lowest BCUT2D eigenvalue weighted by Gasteiger charge is -2.30. The minimum Gasteiger partial charge on any atom is -0.399 e. The number of rotatable bonds is 1. The molecule has 3 rings (SSSR count). The Labute approximate surface area is 123 Å². The van der Waals surface area contributed by atoms with Gasteiger partial charge in [0.1, 0.15) is 5.82 Å². The fraction of sp³-hybridized carbons (Fsp3) is 0.235. The number of carbonyl (C=O) groups is 1. The number of anilines is 2. The Kier molecular flexibility index (Phi) is 3.37. The van der Waals surface area contributed by atoms with E-state index in [0.717, 1.165) is 24.1 Å². The molecule has 108 valence electrons. The summed E-state index contributed by atoms with van der Waals surface area (Å²) in [5.74, 6) is -0.403. The summed E-state index contributed by atoms with van der Waals surface area (Å²) in [5.41, 5.74) is 9.46. The summed E-state index contributed by atoms with van der Waals surface area (Å²) in [6.45, 7) is 2.32. The van der Waals surface area contributed by atoms with Gasteiger partial charge in [0.15, 0.2) is 0 Å². The van der Waals surface area contributed by atoms with Gasteiger partial charge in [0, 0.05) is 23.5 Å². The van der Waals surface area contributed by atoms with Crippen LogP contribution in [0.25, 0.3) is 0 Å². The summed E-state index contributed by atoms with van der Waals surface area (Å²) >= 11 is 0. The largest absolute Gasteiger partial charge is 0.399 e. The topological polar surface area (TPSA) is 46.3 Å². The molecule has 0 saturated carbocycles. The van der Waals surface area contributed by atoms with Crippen molar-refractivity contribution in [1.82, 2.24) is 0 Å². The highest BCUT2D eigenvalue weighted by molar-refractivity contribution is 6.07. The van der Waals surface area contributed by atoms with Crippen LogP contribution in [0.1, 0.15) is 27.9 Å². The normalized spacial score (nSPS) is 13.9. The summed E-state index contributed by atoms with van der Waals surface area (Å²) in [4.78, 5) is 14.4. The van der Waals surface area contributed by atoms with Crippen LogP contribution in [0.5, 0.6) is 0 Å². The van der Waals surface area contributed by atoms with E-state index in [4.69, 9.17) is 5.73 Å². The van der Waals surface area contributed by atoms with E-state index in [0.29, 0.717) is 23.4 Å². The smallest absolute Gasteiger partial charge is 0.258 e. The molecule has 0 bridgehead atoms. The molecule has 1 heterocycles. The van der Waals surface area contributed by atoms with Crippen LogP contribution in [0, 0.1) is 12.7 Å². The Balaban J connectivity index is 1.99. The molecule has 0 aromatic heterocycles. The fourth-order valence-electron chi connectivity index (χ4n) is 2.74. The third-order valence-corrected chi connectivity index (χ3v) is 3.88. The third-order valence-electron chi connectivity index (χ3n) is 3.88. The maximum absolute atomic E-state index is 13.4. The highest BCUT2D eigenvalue weighted by atomic mass is 19.1. The second-order valence-electron chi connectivity index (χ2n) is 5.41. The van der Waals surface area contributed by atoms with Gasteiger partial charge in [-0.15, -0.1) is 0 Å². The maximum Gasteiger partial charge on any atom is 0.258 e. The summed E-state index contributed by atoms with van der Waals surface area (Å²) < 4.78 is 13.4. The number of carbonyl (C=O) groups excluding carboxylic acids is 1. The van der Waals surface area contributed by atoms with Gasteiger partial charge in [-0.1, -0.05) is 6.07 Å². The van der Waals surface area contributed by atoms with Crippen molar-refractivity contribution in [2.75, 3.05) is 17.2 Å². The van der Waals surface area contributed by atoms with Crippen LogP contribution < -0.4 is 10.6 Å². The van der Waals surface area contributed by atoms with Gasteiger partial charge >= 0.3 is 0 Å². The van der Waals surface area contributed by atoms with Crippen LogP contribution in [0.15, 0.2) is 36.4 Å². The van der Waals surface area contributed by atoms with E-state index in [-0.39, 0.29) is 11.7 Å². The second-order valence-corrected chi connectivity index (χ2v) is 5.41. The SMILES string of the molecule is Cc1cc(C(=O)N2CCCc3ccc(N)cc32)ccc1F. The van der Waals surface area contributed by atoms with Gasteiger partial charge in [-0.25, -0.2) is 4.39 Å². The monoisotopic (exact) mass is 284 g/mol. The first kappa shape index (κ1) is 13.6. The molecule has 0 aliphatic carbocycles. The number of hydrogen-bond donors (Lipinski definition) is 1. The first-order chi connectivity index (χ1) is 10.1. The molecule has 0 fully saturated rings. The highest BCUT2D eigenvalue weighted by Gasteiger charge is 2.24. The van der Waals surface area contributed by atoms with E-state index < -0.39 is 0 Å². The molecule has 0 atom stereocenters. The van der Waals surface area contributed by atoms with Crippen molar-refractivity contribution in [2.24, 2.45) is 0 Å². The van der Waals surface area contributed by atoms with Gasteiger partial charge in [-0.2, -0.15) is 0 Å². The minimum atomic E-state index is -0.296. The number of nitrogens with two attached hydrogens (primary N) is 1. The molecule has 1 aliphatic rings. The van der Waals surface area contributed by atoms with Crippen molar-refractivity contribution >= 4 is 17.3 Å². The average Bonchev–Trinajstić information content (AvgIpc) is 2.48. The minimum absolute atomic E-state index is 0.107. The maximum atomic E-state index is 13.4. The van der Waals surface area contributed by atoms with Crippen molar-refractivity contribution in [1.29, 1.82) is 0 Å². The molecule has 2 aromatic carbocycles. The number of nitrogen functional groups attached to an aromatic ring is 1. The zero-order chi connectivity index (χ0) is 15.0. The van der Waals surface area contributed by atoms with Crippen molar-refractivity contribution in [3.8, 4) is 0 Å². The Bertz CT molecular complexity index is 712. The van der Waals surface area contributed by atoms with Crippen LogP contribution in [-0.2, 0) is 6.42 Å². The van der Waals surface area contributed by atoms with E-state index in [1.54, 1.807) is 17.9 Å². The lowest BCUT2D eigenvalue weighted by atomic mass is 10.00. The molecule has 1 aliphatic heterocycles. The molecule has 2 aromatic rings. The first-order valence-electron chi connectivity index (χ1n) is 7.02. The number of aryl methyl sites for hydroxylation is 2. The average molecular weight is 284 g/mol. The van der Waals surface area contributed by atoms with Crippen molar-refractivity contribution in [3.63, 3.8) is 0 Å². The lowest BCUT2D eigenvalue weighted by Crippen LogP contribution is -2.35. The Morgan fingerprint density at radius 3 is 2.81 bits per heavy atom. The van der Waals surface area contributed by atoms with Gasteiger partial charge in [0.05, 0.1) is 0 Å². The fourth-order valence-corrected chi connectivity index (χ4v) is 2.74. The molecular weight excluding hydrogens is 267 g/mol. The van der Waals surface area contributed by atoms with Gasteiger partial charge in [0.25, 0.3) is 5.91 Å².